The summed E-state index contributed by atoms with van der Waals surface area (Å²) in [5.74, 6) is -0.955. The average molecular weight is 306 g/mol. The fraction of sp³-hybridized carbons (Fsp3) is 0.300. The van der Waals surface area contributed by atoms with Gasteiger partial charge in [0.15, 0.2) is 9.84 Å². The average Bonchev–Trinajstić information content (AvgIpc) is 2.12. The Balaban J connectivity index is 2.49. The number of carbonyl (C=O) groups is 1. The summed E-state index contributed by atoms with van der Waals surface area (Å²) >= 11 is 3.31. The molecule has 0 spiro atoms. The smallest absolute Gasteiger partial charge is 0.235 e. The monoisotopic (exact) mass is 305 g/mol. The van der Waals surface area contributed by atoms with E-state index in [4.69, 9.17) is 0 Å². The van der Waals surface area contributed by atoms with E-state index in [1.54, 1.807) is 0 Å². The van der Waals surface area contributed by atoms with Crippen LogP contribution < -0.4 is 5.32 Å². The maximum Gasteiger partial charge on any atom is 0.235 e. The summed E-state index contributed by atoms with van der Waals surface area (Å²) in [5, 5.41) is 2.54. The van der Waals surface area contributed by atoms with Crippen LogP contribution in [0.15, 0.2) is 28.7 Å². The normalized spacial score (nSPS) is 11.1. The Hall–Kier alpha value is -0.880. The van der Waals surface area contributed by atoms with Crippen LogP contribution in [0.3, 0.4) is 0 Å². The maximum absolute atomic E-state index is 11.2. The van der Waals surface area contributed by atoms with Crippen molar-refractivity contribution in [2.24, 2.45) is 0 Å². The van der Waals surface area contributed by atoms with Crippen molar-refractivity contribution in [1.29, 1.82) is 0 Å². The van der Waals surface area contributed by atoms with Crippen molar-refractivity contribution in [2.45, 2.75) is 6.54 Å². The Labute approximate surface area is 103 Å². The molecule has 88 valence electrons. The molecule has 0 aliphatic heterocycles. The van der Waals surface area contributed by atoms with Gasteiger partial charge in [-0.1, -0.05) is 28.1 Å². The van der Waals surface area contributed by atoms with Gasteiger partial charge in [-0.15, -0.1) is 0 Å². The zero-order chi connectivity index (χ0) is 12.2. The highest BCUT2D eigenvalue weighted by molar-refractivity contribution is 9.10. The van der Waals surface area contributed by atoms with Gasteiger partial charge < -0.3 is 5.32 Å². The second kappa shape index (κ2) is 5.45. The van der Waals surface area contributed by atoms with Crippen molar-refractivity contribution in [1.82, 2.24) is 5.32 Å². The van der Waals surface area contributed by atoms with E-state index in [9.17, 15) is 13.2 Å². The third-order valence-electron chi connectivity index (χ3n) is 1.77. The van der Waals surface area contributed by atoms with Crippen molar-refractivity contribution >= 4 is 31.7 Å². The molecule has 0 saturated heterocycles. The number of benzene rings is 1. The first-order valence-corrected chi connectivity index (χ1v) is 7.41. The predicted molar refractivity (Wildman–Crippen MR) is 65.7 cm³/mol. The van der Waals surface area contributed by atoms with Crippen molar-refractivity contribution in [3.05, 3.63) is 34.3 Å². The second-order valence-corrected chi connectivity index (χ2v) is 6.53. The largest absolute Gasteiger partial charge is 0.351 e. The number of amides is 1. The molecule has 1 rings (SSSR count). The first-order valence-electron chi connectivity index (χ1n) is 4.56. The molecule has 0 unspecified atom stereocenters. The van der Waals surface area contributed by atoms with Crippen LogP contribution in [0.4, 0.5) is 0 Å². The van der Waals surface area contributed by atoms with Gasteiger partial charge in [-0.25, -0.2) is 8.42 Å². The van der Waals surface area contributed by atoms with E-state index >= 15 is 0 Å². The fourth-order valence-electron chi connectivity index (χ4n) is 1.14. The molecule has 0 saturated carbocycles. The van der Waals surface area contributed by atoms with Gasteiger partial charge in [-0.2, -0.15) is 0 Å². The molecule has 0 heterocycles. The summed E-state index contributed by atoms with van der Waals surface area (Å²) in [6, 6.07) is 7.44. The summed E-state index contributed by atoms with van der Waals surface area (Å²) in [4.78, 5) is 11.2. The summed E-state index contributed by atoms with van der Waals surface area (Å²) in [5.41, 5.74) is 0.913. The van der Waals surface area contributed by atoms with Gasteiger partial charge in [0.1, 0.15) is 5.75 Å². The van der Waals surface area contributed by atoms with Gasteiger partial charge in [0, 0.05) is 17.3 Å². The maximum atomic E-state index is 11.2. The van der Waals surface area contributed by atoms with Gasteiger partial charge >= 0.3 is 0 Å². The number of halogens is 1. The lowest BCUT2D eigenvalue weighted by Gasteiger charge is -2.04. The van der Waals surface area contributed by atoms with E-state index in [2.05, 4.69) is 21.2 Å². The van der Waals surface area contributed by atoms with E-state index < -0.39 is 21.5 Å². The number of carbonyl (C=O) groups excluding carboxylic acids is 1. The third-order valence-corrected chi connectivity index (χ3v) is 3.05. The second-order valence-electron chi connectivity index (χ2n) is 3.48. The van der Waals surface area contributed by atoms with Crippen LogP contribution in [-0.4, -0.2) is 26.3 Å². The number of hydrogen-bond acceptors (Lipinski definition) is 3. The van der Waals surface area contributed by atoms with Crippen LogP contribution in [0, 0.1) is 0 Å². The molecule has 0 aliphatic rings. The Morgan fingerprint density at radius 3 is 2.69 bits per heavy atom. The minimum Gasteiger partial charge on any atom is -0.351 e. The first-order chi connectivity index (χ1) is 7.37. The quantitative estimate of drug-likeness (QED) is 0.906. The van der Waals surface area contributed by atoms with E-state index in [1.807, 2.05) is 24.3 Å². The van der Waals surface area contributed by atoms with Crippen LogP contribution in [0.25, 0.3) is 0 Å². The van der Waals surface area contributed by atoms with E-state index in [-0.39, 0.29) is 0 Å². The Morgan fingerprint density at radius 1 is 1.44 bits per heavy atom. The Kier molecular flexibility index (Phi) is 4.49. The lowest BCUT2D eigenvalue weighted by molar-refractivity contribution is -0.118. The summed E-state index contributed by atoms with van der Waals surface area (Å²) < 4.78 is 22.6. The molecule has 0 radical (unpaired) electrons. The highest BCUT2D eigenvalue weighted by atomic mass is 79.9. The molecule has 0 aromatic heterocycles. The van der Waals surface area contributed by atoms with E-state index in [0.29, 0.717) is 6.54 Å². The Bertz CT molecular complexity index is 485. The molecule has 0 aliphatic carbocycles. The van der Waals surface area contributed by atoms with Crippen molar-refractivity contribution in [3.63, 3.8) is 0 Å². The molecule has 1 N–H and O–H groups in total. The predicted octanol–water partition coefficient (Wildman–Crippen LogP) is 1.11. The molecule has 0 bridgehead atoms. The summed E-state index contributed by atoms with van der Waals surface area (Å²) in [7, 11) is -3.26. The minimum atomic E-state index is -3.26. The van der Waals surface area contributed by atoms with Crippen molar-refractivity contribution in [2.75, 3.05) is 12.0 Å². The minimum absolute atomic E-state index is 0.327. The highest BCUT2D eigenvalue weighted by Crippen LogP contribution is 2.11. The first kappa shape index (κ1) is 13.2. The number of hydrogen-bond donors (Lipinski definition) is 1. The van der Waals surface area contributed by atoms with Gasteiger partial charge in [-0.05, 0) is 17.7 Å². The van der Waals surface area contributed by atoms with Crippen molar-refractivity contribution in [3.8, 4) is 0 Å². The lowest BCUT2D eigenvalue weighted by Crippen LogP contribution is -2.29. The molecule has 4 nitrogen and oxygen atoms in total. The van der Waals surface area contributed by atoms with Crippen LogP contribution in [0.1, 0.15) is 5.56 Å². The SMILES string of the molecule is CS(=O)(=O)CC(=O)NCc1cccc(Br)c1. The molecule has 1 amide bonds. The van der Waals surface area contributed by atoms with Crippen LogP contribution in [0.2, 0.25) is 0 Å². The molecule has 0 atom stereocenters. The topological polar surface area (TPSA) is 63.2 Å². The molecule has 6 heteroatoms. The van der Waals surface area contributed by atoms with E-state index in [0.717, 1.165) is 16.3 Å². The molecule has 1 aromatic rings. The molecular weight excluding hydrogens is 294 g/mol. The lowest BCUT2D eigenvalue weighted by atomic mass is 10.2. The van der Waals surface area contributed by atoms with Crippen LogP contribution in [-0.2, 0) is 21.2 Å². The van der Waals surface area contributed by atoms with Crippen LogP contribution >= 0.6 is 15.9 Å². The van der Waals surface area contributed by atoms with Gasteiger partial charge in [-0.3, -0.25) is 4.79 Å². The van der Waals surface area contributed by atoms with E-state index in [1.165, 1.54) is 0 Å². The molecule has 1 aromatic carbocycles. The summed E-state index contributed by atoms with van der Waals surface area (Å²) in [6.07, 6.45) is 1.03. The van der Waals surface area contributed by atoms with Gasteiger partial charge in [0.05, 0.1) is 0 Å². The van der Waals surface area contributed by atoms with Gasteiger partial charge in [0.2, 0.25) is 5.91 Å². The highest BCUT2D eigenvalue weighted by Gasteiger charge is 2.09. The zero-order valence-electron chi connectivity index (χ0n) is 8.73. The Morgan fingerprint density at radius 2 is 2.12 bits per heavy atom. The van der Waals surface area contributed by atoms with Gasteiger partial charge in [0.25, 0.3) is 0 Å². The van der Waals surface area contributed by atoms with Crippen molar-refractivity contribution < 1.29 is 13.2 Å². The molecular formula is C10H12BrNO3S. The zero-order valence-corrected chi connectivity index (χ0v) is 11.1. The van der Waals surface area contributed by atoms with Crippen LogP contribution in [0.5, 0.6) is 0 Å². The third kappa shape index (κ3) is 5.27. The number of sulfone groups is 1. The standard InChI is InChI=1S/C10H12BrNO3S/c1-16(14,15)7-10(13)12-6-8-3-2-4-9(11)5-8/h2-5H,6-7H2,1H3,(H,12,13). The number of rotatable bonds is 4. The number of nitrogens with one attached hydrogen (secondary N) is 1. The fourth-order valence-corrected chi connectivity index (χ4v) is 2.16. The molecule has 0 fully saturated rings. The molecule has 16 heavy (non-hydrogen) atoms. The summed E-state index contributed by atoms with van der Waals surface area (Å²) in [6.45, 7) is 0.327.